The van der Waals surface area contributed by atoms with Gasteiger partial charge in [0.2, 0.25) is 5.76 Å². The molecule has 0 aliphatic heterocycles. The van der Waals surface area contributed by atoms with Gasteiger partial charge in [-0.05, 0) is 12.1 Å². The van der Waals surface area contributed by atoms with Gasteiger partial charge in [0.05, 0.1) is 12.6 Å². The van der Waals surface area contributed by atoms with Crippen molar-refractivity contribution in [1.29, 1.82) is 5.26 Å². The number of aromatic carboxylic acids is 1. The summed E-state index contributed by atoms with van der Waals surface area (Å²) in [6.07, 6.45) is 0.423. The molecule has 1 heterocycles. The molecule has 0 radical (unpaired) electrons. The highest BCUT2D eigenvalue weighted by atomic mass is 16.4. The fourth-order valence-corrected chi connectivity index (χ4v) is 0.944. The smallest absolute Gasteiger partial charge is 0.371 e. The average Bonchev–Trinajstić information content (AvgIpc) is 2.61. The van der Waals surface area contributed by atoms with Crippen LogP contribution in [-0.2, 0) is 6.54 Å². The first kappa shape index (κ1) is 10.3. The van der Waals surface area contributed by atoms with E-state index in [1.165, 1.54) is 6.07 Å². The summed E-state index contributed by atoms with van der Waals surface area (Å²) in [5.74, 6) is -0.587. The van der Waals surface area contributed by atoms with Gasteiger partial charge >= 0.3 is 5.97 Å². The highest BCUT2D eigenvalue weighted by Crippen LogP contribution is 2.06. The molecule has 0 saturated heterocycles. The Kier molecular flexibility index (Phi) is 3.70. The zero-order chi connectivity index (χ0) is 10.4. The van der Waals surface area contributed by atoms with Crippen LogP contribution >= 0.6 is 0 Å². The number of carboxylic acids is 1. The Balaban J connectivity index is 2.37. The van der Waals surface area contributed by atoms with E-state index >= 15 is 0 Å². The molecule has 0 unspecified atom stereocenters. The van der Waals surface area contributed by atoms with Crippen LogP contribution in [0, 0.1) is 11.3 Å². The minimum Gasteiger partial charge on any atom is -0.475 e. The summed E-state index contributed by atoms with van der Waals surface area (Å²) < 4.78 is 4.98. The maximum Gasteiger partial charge on any atom is 0.371 e. The minimum atomic E-state index is -1.08. The van der Waals surface area contributed by atoms with Crippen molar-refractivity contribution in [3.8, 4) is 6.07 Å². The van der Waals surface area contributed by atoms with Crippen molar-refractivity contribution in [1.82, 2.24) is 5.32 Å². The van der Waals surface area contributed by atoms with E-state index in [4.69, 9.17) is 14.8 Å². The molecule has 0 saturated carbocycles. The lowest BCUT2D eigenvalue weighted by Crippen LogP contribution is -2.13. The predicted octanol–water partition coefficient (Wildman–Crippen LogP) is 0.981. The monoisotopic (exact) mass is 194 g/mol. The normalized spacial score (nSPS) is 9.64. The molecule has 0 amide bonds. The van der Waals surface area contributed by atoms with Crippen molar-refractivity contribution in [3.05, 3.63) is 23.7 Å². The number of nitrogens with one attached hydrogen (secondary N) is 1. The summed E-state index contributed by atoms with van der Waals surface area (Å²) in [5.41, 5.74) is 0. The van der Waals surface area contributed by atoms with E-state index in [9.17, 15) is 4.79 Å². The Morgan fingerprint density at radius 2 is 2.43 bits per heavy atom. The van der Waals surface area contributed by atoms with Crippen LogP contribution in [0.1, 0.15) is 22.7 Å². The molecule has 74 valence electrons. The van der Waals surface area contributed by atoms with Crippen molar-refractivity contribution in [3.63, 3.8) is 0 Å². The average molecular weight is 194 g/mol. The zero-order valence-corrected chi connectivity index (χ0v) is 7.49. The molecule has 1 rings (SSSR count). The molecule has 1 aromatic rings. The fourth-order valence-electron chi connectivity index (χ4n) is 0.944. The van der Waals surface area contributed by atoms with Crippen molar-refractivity contribution in [2.24, 2.45) is 0 Å². The number of hydrogen-bond acceptors (Lipinski definition) is 4. The Hall–Kier alpha value is -1.80. The molecule has 5 nitrogen and oxygen atoms in total. The SMILES string of the molecule is N#CCCNCc1ccc(C(=O)O)o1. The highest BCUT2D eigenvalue weighted by Gasteiger charge is 2.07. The highest BCUT2D eigenvalue weighted by molar-refractivity contribution is 5.84. The molecule has 0 aliphatic rings. The van der Waals surface area contributed by atoms with Gasteiger partial charge in [0.1, 0.15) is 5.76 Å². The van der Waals surface area contributed by atoms with Crippen molar-refractivity contribution in [2.45, 2.75) is 13.0 Å². The molecule has 0 bridgehead atoms. The first-order chi connectivity index (χ1) is 6.74. The quantitative estimate of drug-likeness (QED) is 0.682. The zero-order valence-electron chi connectivity index (χ0n) is 7.49. The van der Waals surface area contributed by atoms with Crippen molar-refractivity contribution >= 4 is 5.97 Å². The molecule has 1 aromatic heterocycles. The van der Waals surface area contributed by atoms with Crippen LogP contribution in [0.5, 0.6) is 0 Å². The number of hydrogen-bond donors (Lipinski definition) is 2. The van der Waals surface area contributed by atoms with Crippen LogP contribution in [0.15, 0.2) is 16.5 Å². The molecule has 0 aromatic carbocycles. The third-order valence-electron chi connectivity index (χ3n) is 1.59. The lowest BCUT2D eigenvalue weighted by Gasteiger charge is -1.97. The molecule has 0 aliphatic carbocycles. The number of nitrogens with zero attached hydrogens (tertiary/aromatic N) is 1. The first-order valence-electron chi connectivity index (χ1n) is 4.13. The maximum absolute atomic E-state index is 10.4. The number of nitriles is 1. The Bertz CT molecular complexity index is 351. The minimum absolute atomic E-state index is 0.0675. The van der Waals surface area contributed by atoms with Gasteiger partial charge in [-0.3, -0.25) is 0 Å². The van der Waals surface area contributed by atoms with E-state index in [0.717, 1.165) is 0 Å². The number of carbonyl (C=O) groups is 1. The number of rotatable bonds is 5. The summed E-state index contributed by atoms with van der Waals surface area (Å²) in [6.45, 7) is 1.01. The third-order valence-corrected chi connectivity index (χ3v) is 1.59. The first-order valence-corrected chi connectivity index (χ1v) is 4.13. The van der Waals surface area contributed by atoms with Gasteiger partial charge < -0.3 is 14.8 Å². The predicted molar refractivity (Wildman–Crippen MR) is 47.6 cm³/mol. The maximum atomic E-state index is 10.4. The fraction of sp³-hybridized carbons (Fsp3) is 0.333. The van der Waals surface area contributed by atoms with Crippen LogP contribution in [-0.4, -0.2) is 17.6 Å². The van der Waals surface area contributed by atoms with Gasteiger partial charge in [-0.25, -0.2) is 4.79 Å². The second kappa shape index (κ2) is 5.04. The van der Waals surface area contributed by atoms with Gasteiger partial charge in [-0.15, -0.1) is 0 Å². The molecular weight excluding hydrogens is 184 g/mol. The van der Waals surface area contributed by atoms with Crippen molar-refractivity contribution < 1.29 is 14.3 Å². The van der Waals surface area contributed by atoms with Gasteiger partial charge in [-0.2, -0.15) is 5.26 Å². The van der Waals surface area contributed by atoms with E-state index < -0.39 is 5.97 Å². The third kappa shape index (κ3) is 2.92. The second-order valence-electron chi connectivity index (χ2n) is 2.66. The van der Waals surface area contributed by atoms with E-state index in [1.807, 2.05) is 6.07 Å². The van der Waals surface area contributed by atoms with E-state index in [-0.39, 0.29) is 5.76 Å². The van der Waals surface area contributed by atoms with Crippen LogP contribution < -0.4 is 5.32 Å². The van der Waals surface area contributed by atoms with Gasteiger partial charge in [-0.1, -0.05) is 0 Å². The summed E-state index contributed by atoms with van der Waals surface area (Å²) in [7, 11) is 0. The van der Waals surface area contributed by atoms with Crippen LogP contribution in [0.3, 0.4) is 0 Å². The summed E-state index contributed by atoms with van der Waals surface area (Å²) >= 11 is 0. The van der Waals surface area contributed by atoms with Gasteiger partial charge in [0.15, 0.2) is 0 Å². The van der Waals surface area contributed by atoms with Crippen LogP contribution in [0.4, 0.5) is 0 Å². The van der Waals surface area contributed by atoms with E-state index in [0.29, 0.717) is 25.3 Å². The molecule has 5 heteroatoms. The summed E-state index contributed by atoms with van der Waals surface area (Å²) in [5, 5.41) is 19.7. The Morgan fingerprint density at radius 3 is 3.00 bits per heavy atom. The van der Waals surface area contributed by atoms with Crippen molar-refractivity contribution in [2.75, 3.05) is 6.54 Å². The number of carboxylic acid groups (broad SMARTS) is 1. The molecular formula is C9H10N2O3. The Labute approximate surface area is 80.9 Å². The lowest BCUT2D eigenvalue weighted by molar-refractivity contribution is 0.0660. The number of furan rings is 1. The van der Waals surface area contributed by atoms with Crippen LogP contribution in [0.25, 0.3) is 0 Å². The Morgan fingerprint density at radius 1 is 1.64 bits per heavy atom. The molecule has 2 N–H and O–H groups in total. The molecule has 0 fully saturated rings. The second-order valence-corrected chi connectivity index (χ2v) is 2.66. The van der Waals surface area contributed by atoms with E-state index in [1.54, 1.807) is 6.07 Å². The summed E-state index contributed by atoms with van der Waals surface area (Å²) in [4.78, 5) is 10.4. The largest absolute Gasteiger partial charge is 0.475 e. The summed E-state index contributed by atoms with van der Waals surface area (Å²) in [6, 6.07) is 5.00. The molecule has 0 spiro atoms. The standard InChI is InChI=1S/C9H10N2O3/c10-4-1-5-11-6-7-2-3-8(14-7)9(12)13/h2-3,11H,1,5-6H2,(H,12,13). The van der Waals surface area contributed by atoms with E-state index in [2.05, 4.69) is 5.32 Å². The van der Waals surface area contributed by atoms with Gasteiger partial charge in [0.25, 0.3) is 0 Å². The van der Waals surface area contributed by atoms with Gasteiger partial charge in [0, 0.05) is 13.0 Å². The molecule has 14 heavy (non-hydrogen) atoms. The lowest BCUT2D eigenvalue weighted by atomic mass is 10.4. The molecule has 0 atom stereocenters. The van der Waals surface area contributed by atoms with Crippen LogP contribution in [0.2, 0.25) is 0 Å². The topological polar surface area (TPSA) is 86.3 Å².